The Hall–Kier alpha value is -3.92. The minimum Gasteiger partial charge on any atom is -0.382 e. The minimum absolute atomic E-state index is 0.0438. The average molecular weight is 585 g/mol. The monoisotopic (exact) mass is 584 g/mol. The van der Waals surface area contributed by atoms with Crippen LogP contribution in [0.2, 0.25) is 0 Å². The topological polar surface area (TPSA) is 41.1 Å². The highest BCUT2D eigenvalue weighted by Gasteiger charge is 2.29. The Morgan fingerprint density at radius 1 is 0.864 bits per heavy atom. The maximum absolute atomic E-state index is 4.88. The fraction of sp³-hybridized carbons (Fsp3) is 0.400. The van der Waals surface area contributed by atoms with Crippen molar-refractivity contribution in [1.29, 1.82) is 0 Å². The summed E-state index contributed by atoms with van der Waals surface area (Å²) in [5, 5.41) is 3.73. The van der Waals surface area contributed by atoms with E-state index in [1.54, 1.807) is 0 Å². The predicted octanol–water partition coefficient (Wildman–Crippen LogP) is 8.96. The van der Waals surface area contributed by atoms with E-state index in [1.165, 1.54) is 71.2 Å². The Balaban J connectivity index is 0.992. The van der Waals surface area contributed by atoms with Crippen molar-refractivity contribution in [3.05, 3.63) is 125 Å². The predicted molar refractivity (Wildman–Crippen MR) is 186 cm³/mol. The van der Waals surface area contributed by atoms with Crippen molar-refractivity contribution >= 4 is 17.7 Å². The number of anilines is 2. The summed E-state index contributed by atoms with van der Waals surface area (Å²) in [4.78, 5) is 11.8. The summed E-state index contributed by atoms with van der Waals surface area (Å²) in [5.74, 6) is 1.66. The number of nitrogens with one attached hydrogen (secondary N) is 1. The lowest BCUT2D eigenvalue weighted by Crippen LogP contribution is -2.36. The van der Waals surface area contributed by atoms with E-state index in [0.29, 0.717) is 6.04 Å². The van der Waals surface area contributed by atoms with Gasteiger partial charge in [0, 0.05) is 42.1 Å². The molecule has 2 heterocycles. The van der Waals surface area contributed by atoms with Gasteiger partial charge in [-0.3, -0.25) is 0 Å². The quantitative estimate of drug-likeness (QED) is 0.191. The molecule has 0 radical (unpaired) electrons. The van der Waals surface area contributed by atoms with E-state index in [-0.39, 0.29) is 5.41 Å². The Morgan fingerprint density at radius 3 is 2.20 bits per heavy atom. The van der Waals surface area contributed by atoms with Crippen LogP contribution in [-0.4, -0.2) is 29.1 Å². The molecular formula is C40H48N4. The van der Waals surface area contributed by atoms with E-state index in [9.17, 15) is 0 Å². The van der Waals surface area contributed by atoms with E-state index >= 15 is 0 Å². The molecule has 1 saturated heterocycles. The van der Waals surface area contributed by atoms with Crippen LogP contribution in [0.4, 0.5) is 11.6 Å². The largest absolute Gasteiger partial charge is 0.382 e. The molecule has 1 aromatic heterocycles. The molecular weight excluding hydrogens is 536 g/mol. The molecule has 4 heteroatoms. The maximum Gasteiger partial charge on any atom is 0.225 e. The zero-order chi connectivity index (χ0) is 30.5. The lowest BCUT2D eigenvalue weighted by molar-refractivity contribution is 0.281. The van der Waals surface area contributed by atoms with E-state index in [1.807, 2.05) is 12.3 Å². The van der Waals surface area contributed by atoms with Gasteiger partial charge < -0.3 is 10.2 Å². The SMILES string of the molecule is C=Cc1ccc(NC2CC(Cc3ccc(C(C)(C)c4ccc(CCc5ccnc(N6CCCCC6)n5)cc4)cc3)C2)cc1C. The number of hydrogen-bond donors (Lipinski definition) is 1. The van der Waals surface area contributed by atoms with Gasteiger partial charge in [0.2, 0.25) is 5.95 Å². The van der Waals surface area contributed by atoms with Crippen LogP contribution in [0.5, 0.6) is 0 Å². The molecule has 1 aliphatic carbocycles. The Labute approximate surface area is 264 Å². The first-order chi connectivity index (χ1) is 21.4. The maximum atomic E-state index is 4.88. The van der Waals surface area contributed by atoms with Crippen LogP contribution >= 0.6 is 0 Å². The lowest BCUT2D eigenvalue weighted by Gasteiger charge is -2.37. The molecule has 1 saturated carbocycles. The van der Waals surface area contributed by atoms with Crippen molar-refractivity contribution in [2.75, 3.05) is 23.3 Å². The van der Waals surface area contributed by atoms with E-state index in [2.05, 4.69) is 115 Å². The van der Waals surface area contributed by atoms with Crippen molar-refractivity contribution in [2.45, 2.75) is 83.6 Å². The van der Waals surface area contributed by atoms with Crippen molar-refractivity contribution in [3.8, 4) is 0 Å². The third-order valence-corrected chi connectivity index (χ3v) is 9.98. The number of piperidine rings is 1. The number of hydrogen-bond acceptors (Lipinski definition) is 4. The van der Waals surface area contributed by atoms with Crippen LogP contribution in [0.1, 0.15) is 85.0 Å². The van der Waals surface area contributed by atoms with Gasteiger partial charge in [0.1, 0.15) is 0 Å². The van der Waals surface area contributed by atoms with Crippen LogP contribution in [0, 0.1) is 12.8 Å². The van der Waals surface area contributed by atoms with Crippen molar-refractivity contribution in [1.82, 2.24) is 9.97 Å². The summed E-state index contributed by atoms with van der Waals surface area (Å²) in [6.45, 7) is 12.9. The zero-order valence-electron chi connectivity index (χ0n) is 26.9. The Bertz CT molecular complexity index is 1540. The normalized spacial score (nSPS) is 18.5. The van der Waals surface area contributed by atoms with E-state index in [0.717, 1.165) is 49.9 Å². The highest BCUT2D eigenvalue weighted by atomic mass is 15.2. The standard InChI is InChI=1S/C40H48N4/c1-5-33-14-20-37(25-29(33)2)42-38-27-32(28-38)26-31-11-17-35(18-12-31)40(3,4)34-15-9-30(10-16-34)13-19-36-21-22-41-39(43-36)44-23-7-6-8-24-44/h5,9-12,14-18,20-22,25,32,38,42H,1,6-8,13,19,23-24,26-28H2,2-4H3. The number of rotatable bonds is 11. The molecule has 0 unspecified atom stereocenters. The fourth-order valence-corrected chi connectivity index (χ4v) is 6.94. The third kappa shape index (κ3) is 7.07. The second-order valence-electron chi connectivity index (χ2n) is 13.6. The van der Waals surface area contributed by atoms with E-state index < -0.39 is 0 Å². The minimum atomic E-state index is -0.0438. The van der Waals surface area contributed by atoms with Gasteiger partial charge >= 0.3 is 0 Å². The van der Waals surface area contributed by atoms with Crippen molar-refractivity contribution in [3.63, 3.8) is 0 Å². The second-order valence-corrected chi connectivity index (χ2v) is 13.6. The van der Waals surface area contributed by atoms with E-state index in [4.69, 9.17) is 4.98 Å². The van der Waals surface area contributed by atoms with Gasteiger partial charge in [0.05, 0.1) is 0 Å². The van der Waals surface area contributed by atoms with Crippen LogP contribution < -0.4 is 10.2 Å². The van der Waals surface area contributed by atoms with Crippen LogP contribution in [-0.2, 0) is 24.7 Å². The van der Waals surface area contributed by atoms with Crippen molar-refractivity contribution in [2.24, 2.45) is 5.92 Å². The summed E-state index contributed by atoms with van der Waals surface area (Å²) in [6.07, 6.45) is 13.2. The van der Waals surface area contributed by atoms with Gasteiger partial charge in [-0.1, -0.05) is 81.1 Å². The summed E-state index contributed by atoms with van der Waals surface area (Å²) in [7, 11) is 0. The van der Waals surface area contributed by atoms with Crippen LogP contribution in [0.15, 0.2) is 85.6 Å². The van der Waals surface area contributed by atoms with Gasteiger partial charge in [-0.15, -0.1) is 0 Å². The summed E-state index contributed by atoms with van der Waals surface area (Å²) >= 11 is 0. The molecule has 1 N–H and O–H groups in total. The molecule has 4 aromatic rings. The Morgan fingerprint density at radius 2 is 1.55 bits per heavy atom. The molecule has 6 rings (SSSR count). The van der Waals surface area contributed by atoms with Gasteiger partial charge in [-0.2, -0.15) is 0 Å². The molecule has 44 heavy (non-hydrogen) atoms. The highest BCUT2D eigenvalue weighted by molar-refractivity contribution is 5.58. The second kappa shape index (κ2) is 13.4. The molecule has 4 nitrogen and oxygen atoms in total. The first-order valence-corrected chi connectivity index (χ1v) is 16.6. The molecule has 3 aromatic carbocycles. The van der Waals surface area contributed by atoms with Crippen LogP contribution in [0.3, 0.4) is 0 Å². The number of nitrogens with zero attached hydrogens (tertiary/aromatic N) is 3. The molecule has 2 fully saturated rings. The molecule has 2 aliphatic rings. The fourth-order valence-electron chi connectivity index (χ4n) is 6.94. The number of aryl methyl sites for hydroxylation is 3. The number of aromatic nitrogens is 2. The average Bonchev–Trinajstić information content (AvgIpc) is 3.04. The Kier molecular flexibility index (Phi) is 9.16. The van der Waals surface area contributed by atoms with Gasteiger partial charge in [-0.25, -0.2) is 9.97 Å². The highest BCUT2D eigenvalue weighted by Crippen LogP contribution is 2.35. The van der Waals surface area contributed by atoms with Gasteiger partial charge in [0.15, 0.2) is 0 Å². The molecule has 0 bridgehead atoms. The molecule has 1 aliphatic heterocycles. The summed E-state index contributed by atoms with van der Waals surface area (Å²) < 4.78 is 0. The summed E-state index contributed by atoms with van der Waals surface area (Å²) in [5.41, 5.74) is 10.3. The zero-order valence-corrected chi connectivity index (χ0v) is 26.9. The first kappa shape index (κ1) is 30.1. The van der Waals surface area contributed by atoms with Crippen molar-refractivity contribution < 1.29 is 0 Å². The molecule has 0 atom stereocenters. The van der Waals surface area contributed by atoms with Crippen LogP contribution in [0.25, 0.3) is 6.08 Å². The lowest BCUT2D eigenvalue weighted by atomic mass is 9.75. The molecule has 0 amide bonds. The smallest absolute Gasteiger partial charge is 0.225 e. The summed E-state index contributed by atoms with van der Waals surface area (Å²) in [6, 6.07) is 27.8. The molecule has 0 spiro atoms. The number of benzene rings is 3. The first-order valence-electron chi connectivity index (χ1n) is 16.6. The van der Waals surface area contributed by atoms with Gasteiger partial charge in [-0.05, 0) is 116 Å². The third-order valence-electron chi connectivity index (χ3n) is 9.98. The van der Waals surface area contributed by atoms with Gasteiger partial charge in [0.25, 0.3) is 0 Å². The molecule has 228 valence electrons.